The van der Waals surface area contributed by atoms with Gasteiger partial charge in [-0.1, -0.05) is 6.92 Å². The van der Waals surface area contributed by atoms with E-state index in [9.17, 15) is 4.79 Å². The molecule has 1 N–H and O–H groups in total. The number of hydrogen-bond acceptors (Lipinski definition) is 4. The second kappa shape index (κ2) is 8.80. The van der Waals surface area contributed by atoms with E-state index in [-0.39, 0.29) is 11.8 Å². The molecule has 1 fully saturated rings. The number of carbonyl (C=O) groups is 1. The molecule has 1 amide bonds. The first kappa shape index (κ1) is 18.4. The third-order valence-electron chi connectivity index (χ3n) is 4.24. The minimum absolute atomic E-state index is 0.0932. The van der Waals surface area contributed by atoms with Crippen LogP contribution in [-0.2, 0) is 16.1 Å². The number of nitrogens with one attached hydrogen (secondary N) is 1. The first-order valence-corrected chi connectivity index (χ1v) is 9.05. The van der Waals surface area contributed by atoms with Gasteiger partial charge >= 0.3 is 0 Å². The lowest BCUT2D eigenvalue weighted by Gasteiger charge is -2.26. The summed E-state index contributed by atoms with van der Waals surface area (Å²) < 4.78 is 8.25. The summed E-state index contributed by atoms with van der Waals surface area (Å²) in [5, 5.41) is 7.49. The van der Waals surface area contributed by atoms with E-state index in [2.05, 4.69) is 31.2 Å². The summed E-state index contributed by atoms with van der Waals surface area (Å²) in [5.74, 6) is -0.000982. The van der Waals surface area contributed by atoms with Crippen LogP contribution in [0.1, 0.15) is 24.7 Å². The van der Waals surface area contributed by atoms with Crippen molar-refractivity contribution in [3.05, 3.63) is 15.9 Å². The molecule has 0 bridgehead atoms. The molecule has 0 aromatic carbocycles. The molecule has 1 aromatic heterocycles. The van der Waals surface area contributed by atoms with Crippen molar-refractivity contribution in [1.29, 1.82) is 0 Å². The normalized spacial score (nSPS) is 17.2. The molecule has 1 aliphatic rings. The zero-order chi connectivity index (χ0) is 16.8. The number of aromatic nitrogens is 2. The number of halogens is 1. The Hall–Kier alpha value is -0.920. The van der Waals surface area contributed by atoms with Crippen LogP contribution in [0.2, 0.25) is 0 Å². The van der Waals surface area contributed by atoms with Crippen LogP contribution in [0, 0.1) is 19.8 Å². The summed E-state index contributed by atoms with van der Waals surface area (Å²) in [6, 6.07) is 0. The van der Waals surface area contributed by atoms with Crippen molar-refractivity contribution in [2.45, 2.75) is 33.7 Å². The first-order valence-electron chi connectivity index (χ1n) is 8.26. The van der Waals surface area contributed by atoms with E-state index in [1.54, 1.807) is 0 Å². The van der Waals surface area contributed by atoms with Crippen LogP contribution in [0.15, 0.2) is 4.47 Å². The summed E-state index contributed by atoms with van der Waals surface area (Å²) >= 11 is 3.52. The maximum absolute atomic E-state index is 12.2. The second-order valence-corrected chi connectivity index (χ2v) is 6.96. The van der Waals surface area contributed by atoms with E-state index in [1.807, 2.05) is 25.5 Å². The predicted molar refractivity (Wildman–Crippen MR) is 93.5 cm³/mol. The first-order chi connectivity index (χ1) is 11.0. The highest BCUT2D eigenvalue weighted by molar-refractivity contribution is 9.10. The fourth-order valence-corrected chi connectivity index (χ4v) is 2.99. The SMILES string of the molecule is Cc1nn(CC(C)C(=O)NCCCN2CCOCC2)c(C)c1Br. The fraction of sp³-hybridized carbons (Fsp3) is 0.750. The molecule has 23 heavy (non-hydrogen) atoms. The number of amides is 1. The lowest BCUT2D eigenvalue weighted by atomic mass is 10.1. The van der Waals surface area contributed by atoms with Crippen molar-refractivity contribution < 1.29 is 9.53 Å². The van der Waals surface area contributed by atoms with Crippen molar-refractivity contribution in [2.24, 2.45) is 5.92 Å². The molecule has 7 heteroatoms. The molecular weight excluding hydrogens is 360 g/mol. The van der Waals surface area contributed by atoms with Gasteiger partial charge in [-0.3, -0.25) is 14.4 Å². The Balaban J connectivity index is 1.69. The van der Waals surface area contributed by atoms with E-state index in [0.29, 0.717) is 6.54 Å². The number of nitrogens with zero attached hydrogens (tertiary/aromatic N) is 3. The third kappa shape index (κ3) is 5.29. The number of morpholine rings is 1. The summed E-state index contributed by atoms with van der Waals surface area (Å²) in [7, 11) is 0. The standard InChI is InChI=1S/C16H27BrN4O2/c1-12(11-21-14(3)15(17)13(2)19-21)16(22)18-5-4-6-20-7-9-23-10-8-20/h12H,4-11H2,1-3H3,(H,18,22). The van der Waals surface area contributed by atoms with Crippen molar-refractivity contribution in [2.75, 3.05) is 39.4 Å². The van der Waals surface area contributed by atoms with E-state index in [0.717, 1.165) is 61.7 Å². The number of rotatable bonds is 7. The number of ether oxygens (including phenoxy) is 1. The van der Waals surface area contributed by atoms with Crippen molar-refractivity contribution >= 4 is 21.8 Å². The summed E-state index contributed by atoms with van der Waals surface area (Å²) in [5.41, 5.74) is 2.02. The van der Waals surface area contributed by atoms with Crippen molar-refractivity contribution in [3.8, 4) is 0 Å². The largest absolute Gasteiger partial charge is 0.379 e. The molecule has 1 atom stereocenters. The topological polar surface area (TPSA) is 59.4 Å². The lowest BCUT2D eigenvalue weighted by molar-refractivity contribution is -0.125. The van der Waals surface area contributed by atoms with Crippen molar-refractivity contribution in [1.82, 2.24) is 20.0 Å². The van der Waals surface area contributed by atoms with Gasteiger partial charge in [-0.2, -0.15) is 5.10 Å². The van der Waals surface area contributed by atoms with Crippen LogP contribution in [0.25, 0.3) is 0 Å². The van der Waals surface area contributed by atoms with Crippen LogP contribution < -0.4 is 5.32 Å². The fourth-order valence-electron chi connectivity index (χ4n) is 2.71. The second-order valence-electron chi connectivity index (χ2n) is 6.17. The Bertz CT molecular complexity index is 526. The molecule has 1 aromatic rings. The Morgan fingerprint density at radius 1 is 1.39 bits per heavy atom. The molecule has 1 aliphatic heterocycles. The average molecular weight is 387 g/mol. The molecule has 1 saturated heterocycles. The van der Waals surface area contributed by atoms with E-state index in [1.165, 1.54) is 0 Å². The molecule has 0 spiro atoms. The van der Waals surface area contributed by atoms with Gasteiger partial charge in [0.15, 0.2) is 0 Å². The van der Waals surface area contributed by atoms with Gasteiger partial charge < -0.3 is 10.1 Å². The zero-order valence-electron chi connectivity index (χ0n) is 14.3. The van der Waals surface area contributed by atoms with Crippen LogP contribution in [0.3, 0.4) is 0 Å². The zero-order valence-corrected chi connectivity index (χ0v) is 15.9. The molecule has 6 nitrogen and oxygen atoms in total. The third-order valence-corrected chi connectivity index (χ3v) is 5.39. The highest BCUT2D eigenvalue weighted by Crippen LogP contribution is 2.20. The van der Waals surface area contributed by atoms with E-state index < -0.39 is 0 Å². The summed E-state index contributed by atoms with van der Waals surface area (Å²) in [6.45, 7) is 11.9. The Morgan fingerprint density at radius 2 is 2.09 bits per heavy atom. The van der Waals surface area contributed by atoms with Crippen molar-refractivity contribution in [3.63, 3.8) is 0 Å². The van der Waals surface area contributed by atoms with Gasteiger partial charge in [0.1, 0.15) is 0 Å². The van der Waals surface area contributed by atoms with Crippen LogP contribution in [0.4, 0.5) is 0 Å². The number of carbonyl (C=O) groups excluding carboxylic acids is 1. The minimum atomic E-state index is -0.0942. The predicted octanol–water partition coefficient (Wildman–Crippen LogP) is 1.74. The van der Waals surface area contributed by atoms with Crippen LogP contribution >= 0.6 is 15.9 Å². The minimum Gasteiger partial charge on any atom is -0.379 e. The lowest BCUT2D eigenvalue weighted by Crippen LogP contribution is -2.39. The van der Waals surface area contributed by atoms with Gasteiger partial charge in [0, 0.05) is 25.3 Å². The van der Waals surface area contributed by atoms with Gasteiger partial charge in [-0.15, -0.1) is 0 Å². The molecule has 2 heterocycles. The van der Waals surface area contributed by atoms with Crippen LogP contribution in [0.5, 0.6) is 0 Å². The maximum atomic E-state index is 12.2. The van der Waals surface area contributed by atoms with Gasteiger partial charge in [0.25, 0.3) is 0 Å². The monoisotopic (exact) mass is 386 g/mol. The Kier molecular flexibility index (Phi) is 7.05. The van der Waals surface area contributed by atoms with E-state index in [4.69, 9.17) is 4.74 Å². The number of hydrogen-bond donors (Lipinski definition) is 1. The molecule has 0 saturated carbocycles. The number of aryl methyl sites for hydroxylation is 1. The highest BCUT2D eigenvalue weighted by Gasteiger charge is 2.17. The van der Waals surface area contributed by atoms with Gasteiger partial charge in [-0.25, -0.2) is 0 Å². The average Bonchev–Trinajstić information content (AvgIpc) is 2.79. The van der Waals surface area contributed by atoms with E-state index >= 15 is 0 Å². The van der Waals surface area contributed by atoms with Gasteiger partial charge in [0.2, 0.25) is 5.91 Å². The van der Waals surface area contributed by atoms with Gasteiger partial charge in [-0.05, 0) is 42.7 Å². The quantitative estimate of drug-likeness (QED) is 0.725. The Labute approximate surface area is 146 Å². The smallest absolute Gasteiger partial charge is 0.224 e. The summed E-state index contributed by atoms with van der Waals surface area (Å²) in [4.78, 5) is 14.6. The van der Waals surface area contributed by atoms with Gasteiger partial charge in [0.05, 0.1) is 35.8 Å². The summed E-state index contributed by atoms with van der Waals surface area (Å²) in [6.07, 6.45) is 0.976. The molecule has 1 unspecified atom stereocenters. The molecule has 130 valence electrons. The highest BCUT2D eigenvalue weighted by atomic mass is 79.9. The van der Waals surface area contributed by atoms with Crippen LogP contribution in [-0.4, -0.2) is 60.0 Å². The Morgan fingerprint density at radius 3 is 2.70 bits per heavy atom. The maximum Gasteiger partial charge on any atom is 0.224 e. The molecular formula is C16H27BrN4O2. The molecule has 2 rings (SSSR count). The molecule has 0 radical (unpaired) electrons. The molecule has 0 aliphatic carbocycles.